The number of H-pyrrole nitrogens is 1. The fraction of sp³-hybridized carbons (Fsp3) is 0.500. The lowest BCUT2D eigenvalue weighted by molar-refractivity contribution is -0.846. The molecule has 0 saturated carbocycles. The third kappa shape index (κ3) is 2.89. The van der Waals surface area contributed by atoms with Crippen LogP contribution in [0.5, 0.6) is 0 Å². The SMILES string of the molecule is [BH3-][N+]12CCC(CC1)C(O)(CNC(=S)Nc1nc3ccccc3[nH]1)C2. The fourth-order valence-electron chi connectivity index (χ4n) is 3.74. The Morgan fingerprint density at radius 1 is 1.42 bits per heavy atom. The highest BCUT2D eigenvalue weighted by molar-refractivity contribution is 7.80. The number of thiocarbonyl (C=S) groups is 1. The monoisotopic (exact) mass is 345 g/mol. The van der Waals surface area contributed by atoms with Crippen molar-refractivity contribution in [3.05, 3.63) is 24.3 Å². The molecule has 3 fully saturated rings. The van der Waals surface area contributed by atoms with Crippen LogP contribution < -0.4 is 10.6 Å². The number of para-hydroxylation sites is 2. The number of piperidine rings is 3. The molecule has 0 aliphatic carbocycles. The predicted molar refractivity (Wildman–Crippen MR) is 103 cm³/mol. The predicted octanol–water partition coefficient (Wildman–Crippen LogP) is 0.101. The molecule has 6 nitrogen and oxygen atoms in total. The Kier molecular flexibility index (Phi) is 3.78. The number of anilines is 1. The second-order valence-corrected chi connectivity index (χ2v) is 6.97. The van der Waals surface area contributed by atoms with Crippen LogP contribution in [0, 0.1) is 5.92 Å². The first-order chi connectivity index (χ1) is 11.5. The average molecular weight is 345 g/mol. The van der Waals surface area contributed by atoms with E-state index >= 15 is 0 Å². The molecular formula is C16H24BN5OS. The number of benzene rings is 1. The van der Waals surface area contributed by atoms with E-state index in [4.69, 9.17) is 12.2 Å². The van der Waals surface area contributed by atoms with E-state index in [1.165, 1.54) is 17.5 Å². The Bertz CT molecular complexity index is 740. The molecule has 4 heterocycles. The van der Waals surface area contributed by atoms with Crippen molar-refractivity contribution in [2.75, 3.05) is 31.5 Å². The number of imidazole rings is 1. The van der Waals surface area contributed by atoms with Crippen molar-refractivity contribution in [2.45, 2.75) is 18.4 Å². The zero-order valence-corrected chi connectivity index (χ0v) is 13.7. The molecule has 128 valence electrons. The summed E-state index contributed by atoms with van der Waals surface area (Å²) in [6.07, 6.45) is 2.32. The van der Waals surface area contributed by atoms with Gasteiger partial charge in [0.1, 0.15) is 5.60 Å². The third-order valence-electron chi connectivity index (χ3n) is 5.02. The number of nitrogens with one attached hydrogen (secondary N) is 3. The topological polar surface area (TPSA) is 73.0 Å². The summed E-state index contributed by atoms with van der Waals surface area (Å²) in [4.78, 5) is 7.67. The summed E-state index contributed by atoms with van der Waals surface area (Å²) < 4.78 is 1.22. The third-order valence-corrected chi connectivity index (χ3v) is 5.27. The number of hydrogen-bond donors (Lipinski definition) is 4. The van der Waals surface area contributed by atoms with Crippen LogP contribution in [0.2, 0.25) is 0 Å². The molecule has 2 aromatic rings. The van der Waals surface area contributed by atoms with E-state index in [-0.39, 0.29) is 7.98 Å². The van der Waals surface area contributed by atoms with Crippen molar-refractivity contribution in [3.63, 3.8) is 0 Å². The molecule has 3 saturated heterocycles. The molecule has 1 unspecified atom stereocenters. The number of fused-ring (bicyclic) bond motifs is 4. The van der Waals surface area contributed by atoms with E-state index in [9.17, 15) is 5.11 Å². The molecule has 1 atom stereocenters. The number of hydrogen-bond acceptors (Lipinski definition) is 3. The Labute approximate surface area is 147 Å². The standard InChI is InChI=1S/C16H24BN5OS/c17-22-7-5-11(6-8-22)16(23,10-22)9-18-15(24)21-14-19-12-3-1-2-4-13(12)20-14/h1-4,11,23H,5-10H2,17H3,(H3,18,19,20,21,24). The maximum atomic E-state index is 11.1. The van der Waals surface area contributed by atoms with Gasteiger partial charge in [-0.25, -0.2) is 4.98 Å². The van der Waals surface area contributed by atoms with Gasteiger partial charge in [0.25, 0.3) is 0 Å². The second kappa shape index (κ2) is 5.72. The lowest BCUT2D eigenvalue weighted by atomic mass is 9.72. The molecular weight excluding hydrogens is 321 g/mol. The molecule has 1 aromatic carbocycles. The smallest absolute Gasteiger partial charge is 0.207 e. The van der Waals surface area contributed by atoms with Gasteiger partial charge in [0.05, 0.1) is 24.1 Å². The first-order valence-electron chi connectivity index (χ1n) is 8.07. The molecule has 1 aromatic heterocycles. The number of aromatic amines is 1. The number of aromatic nitrogens is 2. The quantitative estimate of drug-likeness (QED) is 0.469. The van der Waals surface area contributed by atoms with Crippen molar-refractivity contribution in [1.29, 1.82) is 0 Å². The highest BCUT2D eigenvalue weighted by Gasteiger charge is 2.49. The van der Waals surface area contributed by atoms with Crippen molar-refractivity contribution < 1.29 is 9.50 Å². The maximum absolute atomic E-state index is 11.1. The molecule has 8 heteroatoms. The number of rotatable bonds is 3. The van der Waals surface area contributed by atoms with Gasteiger partial charge in [-0.2, -0.15) is 0 Å². The van der Waals surface area contributed by atoms with Gasteiger partial charge in [-0.3, -0.25) is 0 Å². The molecule has 0 spiro atoms. The minimum Gasteiger partial charge on any atom is -0.520 e. The molecule has 0 radical (unpaired) electrons. The van der Waals surface area contributed by atoms with Gasteiger partial charge in [-0.15, -0.1) is 0 Å². The van der Waals surface area contributed by atoms with Gasteiger partial charge in [0.2, 0.25) is 5.95 Å². The Hall–Kier alpha value is -1.64. The largest absolute Gasteiger partial charge is 0.520 e. The second-order valence-electron chi connectivity index (χ2n) is 6.56. The Morgan fingerprint density at radius 2 is 2.17 bits per heavy atom. The highest BCUT2D eigenvalue weighted by atomic mass is 32.1. The first-order valence-corrected chi connectivity index (χ1v) is 8.48. The summed E-state index contributed by atoms with van der Waals surface area (Å²) >= 11 is 5.39. The van der Waals surface area contributed by atoms with Gasteiger partial charge in [-0.1, -0.05) is 12.1 Å². The first kappa shape index (κ1) is 15.9. The minimum atomic E-state index is -0.613. The van der Waals surface area contributed by atoms with Crippen molar-refractivity contribution in [3.8, 4) is 0 Å². The zero-order chi connectivity index (χ0) is 16.8. The van der Waals surface area contributed by atoms with E-state index < -0.39 is 5.60 Å². The van der Waals surface area contributed by atoms with Crippen LogP contribution in [0.3, 0.4) is 0 Å². The summed E-state index contributed by atoms with van der Waals surface area (Å²) in [6.45, 7) is 4.01. The fourth-order valence-corrected chi connectivity index (χ4v) is 3.91. The lowest BCUT2D eigenvalue weighted by Gasteiger charge is -2.60. The molecule has 4 N–H and O–H groups in total. The Balaban J connectivity index is 1.38. The van der Waals surface area contributed by atoms with Crippen LogP contribution in [0.4, 0.5) is 5.95 Å². The van der Waals surface area contributed by atoms with Crippen LogP contribution in [0.15, 0.2) is 24.3 Å². The number of nitrogens with zero attached hydrogens (tertiary/aromatic N) is 2. The summed E-state index contributed by atoms with van der Waals surface area (Å²) in [7, 11) is 0.197. The molecule has 5 rings (SSSR count). The zero-order valence-electron chi connectivity index (χ0n) is 12.9. The van der Waals surface area contributed by atoms with Gasteiger partial charge in [0.15, 0.2) is 13.1 Å². The van der Waals surface area contributed by atoms with Crippen molar-refractivity contribution >= 4 is 42.3 Å². The normalized spacial score (nSPS) is 32.0. The van der Waals surface area contributed by atoms with Crippen LogP contribution in [0.25, 0.3) is 11.0 Å². The van der Waals surface area contributed by atoms with E-state index in [1.54, 1.807) is 0 Å². The van der Waals surface area contributed by atoms with Crippen LogP contribution in [-0.2, 0) is 0 Å². The van der Waals surface area contributed by atoms with E-state index in [2.05, 4.69) is 20.6 Å². The molecule has 0 amide bonds. The van der Waals surface area contributed by atoms with Crippen LogP contribution >= 0.6 is 12.2 Å². The number of aliphatic hydroxyl groups is 1. The van der Waals surface area contributed by atoms with E-state index in [1.807, 2.05) is 24.3 Å². The van der Waals surface area contributed by atoms with Crippen molar-refractivity contribution in [1.82, 2.24) is 15.3 Å². The number of quaternary nitrogens is 1. The minimum absolute atomic E-state index is 0.197. The lowest BCUT2D eigenvalue weighted by Crippen LogP contribution is -2.70. The summed E-state index contributed by atoms with van der Waals surface area (Å²) in [6, 6.07) is 7.87. The molecule has 3 aliphatic heterocycles. The molecule has 24 heavy (non-hydrogen) atoms. The Morgan fingerprint density at radius 3 is 2.88 bits per heavy atom. The van der Waals surface area contributed by atoms with Crippen LogP contribution in [0.1, 0.15) is 12.8 Å². The van der Waals surface area contributed by atoms with Gasteiger partial charge >= 0.3 is 0 Å². The van der Waals surface area contributed by atoms with Crippen LogP contribution in [-0.4, -0.2) is 64.3 Å². The van der Waals surface area contributed by atoms with E-state index in [0.717, 1.165) is 30.4 Å². The summed E-state index contributed by atoms with van der Waals surface area (Å²) in [5.41, 5.74) is 1.27. The van der Waals surface area contributed by atoms with Crippen molar-refractivity contribution in [2.24, 2.45) is 5.92 Å². The summed E-state index contributed by atoms with van der Waals surface area (Å²) in [5.74, 6) is 1.05. The van der Waals surface area contributed by atoms with E-state index in [0.29, 0.717) is 23.5 Å². The molecule has 3 aliphatic rings. The van der Waals surface area contributed by atoms with Gasteiger partial charge in [-0.05, 0) is 37.2 Å². The molecule has 2 bridgehead atoms. The summed E-state index contributed by atoms with van der Waals surface area (Å²) in [5, 5.41) is 17.9. The van der Waals surface area contributed by atoms with Gasteiger partial charge in [0, 0.05) is 19.0 Å². The highest BCUT2D eigenvalue weighted by Crippen LogP contribution is 2.38. The van der Waals surface area contributed by atoms with Gasteiger partial charge < -0.3 is 25.1 Å². The average Bonchev–Trinajstić information content (AvgIpc) is 2.95. The maximum Gasteiger partial charge on any atom is 0.207 e.